The molecule has 1 atom stereocenters. The number of nitrogens with one attached hydrogen (secondary N) is 1. The van der Waals surface area contributed by atoms with Crippen LogP contribution in [-0.4, -0.2) is 44.0 Å². The van der Waals surface area contributed by atoms with Crippen molar-refractivity contribution in [3.63, 3.8) is 0 Å². The third-order valence-corrected chi connectivity index (χ3v) is 6.04. The molecule has 4 aromatic rings. The third-order valence-electron chi connectivity index (χ3n) is 6.04. The van der Waals surface area contributed by atoms with Crippen LogP contribution in [0.2, 0.25) is 0 Å². The van der Waals surface area contributed by atoms with E-state index in [0.717, 1.165) is 31.6 Å². The molecule has 1 unspecified atom stereocenters. The van der Waals surface area contributed by atoms with E-state index in [2.05, 4.69) is 22.1 Å². The number of nitrogens with zero attached hydrogens (tertiary/aromatic N) is 5. The van der Waals surface area contributed by atoms with Gasteiger partial charge in [-0.15, -0.1) is 0 Å². The average molecular weight is 431 g/mol. The maximum atomic E-state index is 13.3. The zero-order valence-corrected chi connectivity index (χ0v) is 18.1. The lowest BCUT2D eigenvalue weighted by atomic mass is 10.2. The summed E-state index contributed by atoms with van der Waals surface area (Å²) in [5.74, 6) is 0.755. The van der Waals surface area contributed by atoms with Crippen LogP contribution in [0.25, 0.3) is 16.7 Å². The number of fused-ring (bicyclic) bond motifs is 2. The Morgan fingerprint density at radius 2 is 2.09 bits per heavy atom. The number of amides is 1. The number of rotatable bonds is 6. The molecule has 0 spiro atoms. The fraction of sp³-hybridized carbons (Fsp3) is 0.333. The number of aryl methyl sites for hydroxylation is 1. The highest BCUT2D eigenvalue weighted by molar-refractivity contribution is 5.98. The Morgan fingerprint density at radius 1 is 1.22 bits per heavy atom. The van der Waals surface area contributed by atoms with Crippen LogP contribution in [0.3, 0.4) is 0 Å². The summed E-state index contributed by atoms with van der Waals surface area (Å²) >= 11 is 0. The van der Waals surface area contributed by atoms with E-state index < -0.39 is 0 Å². The number of carbonyl (C=O) groups is 1. The van der Waals surface area contributed by atoms with Crippen LogP contribution >= 0.6 is 0 Å². The molecule has 1 N–H and O–H groups in total. The second kappa shape index (κ2) is 8.45. The zero-order chi connectivity index (χ0) is 22.1. The van der Waals surface area contributed by atoms with Gasteiger partial charge in [0.15, 0.2) is 0 Å². The van der Waals surface area contributed by atoms with Gasteiger partial charge in [-0.25, -0.2) is 9.97 Å². The normalized spacial score (nSPS) is 16.2. The number of hydrogen-bond acceptors (Lipinski definition) is 5. The predicted molar refractivity (Wildman–Crippen MR) is 124 cm³/mol. The summed E-state index contributed by atoms with van der Waals surface area (Å²) in [5, 5.41) is 3.64. The number of pyridine rings is 2. The molecule has 8 nitrogen and oxygen atoms in total. The van der Waals surface area contributed by atoms with E-state index in [9.17, 15) is 9.59 Å². The Morgan fingerprint density at radius 3 is 2.91 bits per heavy atom. The van der Waals surface area contributed by atoms with Crippen molar-refractivity contribution in [1.29, 1.82) is 0 Å². The number of unbranched alkanes of at least 4 members (excludes halogenated alkanes) is 1. The van der Waals surface area contributed by atoms with Crippen molar-refractivity contribution >= 4 is 28.4 Å². The van der Waals surface area contributed by atoms with Gasteiger partial charge in [0.1, 0.15) is 22.8 Å². The molecule has 0 radical (unpaired) electrons. The molecule has 5 heterocycles. The number of anilines is 1. The molecular formula is C24H26N6O2. The van der Waals surface area contributed by atoms with Gasteiger partial charge in [0, 0.05) is 38.1 Å². The summed E-state index contributed by atoms with van der Waals surface area (Å²) in [6.45, 7) is 4.30. The standard InChI is InChI=1S/C24H26N6O2/c1-2-3-12-29-19(15-18-22(29)27-21-9-5-7-13-30(21)24(18)32)23(31)26-17-10-14-28(16-17)20-8-4-6-11-25-20/h4-9,11,13,15,17H,2-3,10,12,14,16H2,1H3,(H,26,31). The molecular weight excluding hydrogens is 404 g/mol. The van der Waals surface area contributed by atoms with Crippen molar-refractivity contribution in [1.82, 2.24) is 24.3 Å². The van der Waals surface area contributed by atoms with Crippen LogP contribution < -0.4 is 15.8 Å². The molecule has 0 aromatic carbocycles. The van der Waals surface area contributed by atoms with E-state index >= 15 is 0 Å². The Kier molecular flexibility index (Phi) is 5.34. The monoisotopic (exact) mass is 430 g/mol. The first-order chi connectivity index (χ1) is 15.7. The predicted octanol–water partition coefficient (Wildman–Crippen LogP) is 2.85. The number of carbonyl (C=O) groups excluding carboxylic acids is 1. The van der Waals surface area contributed by atoms with Crippen LogP contribution in [0.15, 0.2) is 59.7 Å². The Bertz CT molecular complexity index is 1330. The highest BCUT2D eigenvalue weighted by Gasteiger charge is 2.27. The maximum Gasteiger partial charge on any atom is 0.268 e. The van der Waals surface area contributed by atoms with E-state index in [1.54, 1.807) is 24.5 Å². The van der Waals surface area contributed by atoms with Crippen molar-refractivity contribution in [2.24, 2.45) is 0 Å². The first-order valence-corrected chi connectivity index (χ1v) is 11.1. The van der Waals surface area contributed by atoms with Gasteiger partial charge >= 0.3 is 0 Å². The Hall–Kier alpha value is -3.68. The van der Waals surface area contributed by atoms with Gasteiger partial charge in [0.2, 0.25) is 0 Å². The van der Waals surface area contributed by atoms with Crippen LogP contribution in [0.4, 0.5) is 5.82 Å². The molecule has 32 heavy (non-hydrogen) atoms. The quantitative estimate of drug-likeness (QED) is 0.509. The average Bonchev–Trinajstić information content (AvgIpc) is 3.43. The minimum absolute atomic E-state index is 0.0234. The summed E-state index contributed by atoms with van der Waals surface area (Å²) < 4.78 is 3.42. The SMILES string of the molecule is CCCCn1c(C(=O)NC2CCN(c3ccccn3)C2)cc2c(=O)n3ccccc3nc21. The smallest absolute Gasteiger partial charge is 0.268 e. The Balaban J connectivity index is 1.46. The van der Waals surface area contributed by atoms with E-state index in [4.69, 9.17) is 4.98 Å². The van der Waals surface area contributed by atoms with Crippen molar-refractivity contribution < 1.29 is 4.79 Å². The van der Waals surface area contributed by atoms with Crippen molar-refractivity contribution in [3.05, 3.63) is 70.9 Å². The first kappa shape index (κ1) is 20.2. The fourth-order valence-corrected chi connectivity index (χ4v) is 4.37. The summed E-state index contributed by atoms with van der Waals surface area (Å²) in [7, 11) is 0. The minimum atomic E-state index is -0.166. The van der Waals surface area contributed by atoms with Gasteiger partial charge in [0.05, 0.1) is 5.39 Å². The number of hydrogen-bond donors (Lipinski definition) is 1. The topological polar surface area (TPSA) is 84.5 Å². The lowest BCUT2D eigenvalue weighted by Gasteiger charge is -2.18. The molecule has 1 aliphatic rings. The molecule has 1 amide bonds. The molecule has 1 fully saturated rings. The zero-order valence-electron chi connectivity index (χ0n) is 18.1. The third kappa shape index (κ3) is 3.62. The van der Waals surface area contributed by atoms with Crippen LogP contribution in [0.5, 0.6) is 0 Å². The Labute approximate surface area is 185 Å². The highest BCUT2D eigenvalue weighted by atomic mass is 16.2. The van der Waals surface area contributed by atoms with E-state index in [1.165, 1.54) is 4.40 Å². The van der Waals surface area contributed by atoms with Crippen LogP contribution in [-0.2, 0) is 6.54 Å². The molecule has 8 heteroatoms. The molecule has 1 aliphatic heterocycles. The maximum absolute atomic E-state index is 13.3. The van der Waals surface area contributed by atoms with Gasteiger partial charge in [-0.2, -0.15) is 0 Å². The second-order valence-electron chi connectivity index (χ2n) is 8.21. The largest absolute Gasteiger partial charge is 0.354 e. The molecule has 1 saturated heterocycles. The van der Waals surface area contributed by atoms with E-state index in [1.807, 2.05) is 34.9 Å². The molecule has 0 aliphatic carbocycles. The van der Waals surface area contributed by atoms with Gasteiger partial charge in [-0.05, 0) is 43.2 Å². The fourth-order valence-electron chi connectivity index (χ4n) is 4.37. The summed E-state index contributed by atoms with van der Waals surface area (Å²) in [4.78, 5) is 37.7. The highest BCUT2D eigenvalue weighted by Crippen LogP contribution is 2.20. The number of aromatic nitrogens is 4. The lowest BCUT2D eigenvalue weighted by molar-refractivity contribution is 0.0931. The first-order valence-electron chi connectivity index (χ1n) is 11.1. The van der Waals surface area contributed by atoms with Gasteiger partial charge in [0.25, 0.3) is 11.5 Å². The molecule has 0 saturated carbocycles. The molecule has 0 bridgehead atoms. The van der Waals surface area contributed by atoms with Crippen LogP contribution in [0.1, 0.15) is 36.7 Å². The summed E-state index contributed by atoms with van der Waals surface area (Å²) in [6.07, 6.45) is 6.22. The van der Waals surface area contributed by atoms with Crippen molar-refractivity contribution in [2.75, 3.05) is 18.0 Å². The summed E-state index contributed by atoms with van der Waals surface area (Å²) in [6, 6.07) is 13.0. The molecule has 5 rings (SSSR count). The van der Waals surface area contributed by atoms with Crippen molar-refractivity contribution in [2.45, 2.75) is 38.8 Å². The summed E-state index contributed by atoms with van der Waals surface area (Å²) in [5.41, 5.74) is 1.48. The molecule has 4 aromatic heterocycles. The molecule has 164 valence electrons. The van der Waals surface area contributed by atoms with Crippen LogP contribution in [0, 0.1) is 0 Å². The van der Waals surface area contributed by atoms with Gasteiger partial charge in [-0.1, -0.05) is 25.5 Å². The van der Waals surface area contributed by atoms with Gasteiger partial charge in [-0.3, -0.25) is 14.0 Å². The van der Waals surface area contributed by atoms with E-state index in [0.29, 0.717) is 35.5 Å². The lowest BCUT2D eigenvalue weighted by Crippen LogP contribution is -2.38. The van der Waals surface area contributed by atoms with E-state index in [-0.39, 0.29) is 17.5 Å². The van der Waals surface area contributed by atoms with Crippen molar-refractivity contribution in [3.8, 4) is 0 Å². The minimum Gasteiger partial charge on any atom is -0.354 e. The second-order valence-corrected chi connectivity index (χ2v) is 8.21. The van der Waals surface area contributed by atoms with Gasteiger partial charge < -0.3 is 14.8 Å².